The second kappa shape index (κ2) is 5.04. The molecule has 3 aromatic rings. The Balaban J connectivity index is 1.75. The van der Waals surface area contributed by atoms with Gasteiger partial charge in [0.05, 0.1) is 5.52 Å². The van der Waals surface area contributed by atoms with Crippen molar-refractivity contribution in [1.82, 2.24) is 9.97 Å². The Hall–Kier alpha value is -2.07. The quantitative estimate of drug-likeness (QED) is 0.576. The van der Waals surface area contributed by atoms with Gasteiger partial charge >= 0.3 is 0 Å². The van der Waals surface area contributed by atoms with Gasteiger partial charge in [0.25, 0.3) is 0 Å². The fraction of sp³-hybridized carbons (Fsp3) is 0.176. The third-order valence-electron chi connectivity index (χ3n) is 3.91. The molecule has 0 amide bonds. The van der Waals surface area contributed by atoms with Crippen molar-refractivity contribution in [3.8, 4) is 0 Å². The van der Waals surface area contributed by atoms with Crippen LogP contribution in [0.5, 0.6) is 0 Å². The maximum Gasteiger partial charge on any atom is 0.117 e. The van der Waals surface area contributed by atoms with Crippen molar-refractivity contribution in [3.05, 3.63) is 53.9 Å². The molecule has 104 valence electrons. The first-order valence-corrected chi connectivity index (χ1v) is 7.91. The van der Waals surface area contributed by atoms with Crippen LogP contribution in [0, 0.1) is 0 Å². The number of aryl methyl sites for hydroxylation is 2. The SMILES string of the molecule is Nc1ccc2ncnc(Sc3ccc4c(c3)CCC4)c2c1. The van der Waals surface area contributed by atoms with E-state index >= 15 is 0 Å². The molecule has 2 N–H and O–H groups in total. The van der Waals surface area contributed by atoms with Crippen molar-refractivity contribution in [2.24, 2.45) is 0 Å². The molecule has 1 heterocycles. The van der Waals surface area contributed by atoms with Gasteiger partial charge in [-0.15, -0.1) is 0 Å². The molecule has 0 atom stereocenters. The van der Waals surface area contributed by atoms with E-state index in [9.17, 15) is 0 Å². The second-order valence-corrected chi connectivity index (χ2v) is 6.40. The molecule has 0 saturated carbocycles. The van der Waals surface area contributed by atoms with Crippen molar-refractivity contribution in [1.29, 1.82) is 0 Å². The highest BCUT2D eigenvalue weighted by Crippen LogP contribution is 2.34. The molecule has 0 saturated heterocycles. The monoisotopic (exact) mass is 293 g/mol. The van der Waals surface area contributed by atoms with Gasteiger partial charge in [-0.1, -0.05) is 17.8 Å². The van der Waals surface area contributed by atoms with E-state index in [0.29, 0.717) is 0 Å². The van der Waals surface area contributed by atoms with E-state index < -0.39 is 0 Å². The molecule has 4 heteroatoms. The minimum Gasteiger partial charge on any atom is -0.399 e. The van der Waals surface area contributed by atoms with Gasteiger partial charge in [-0.25, -0.2) is 9.97 Å². The summed E-state index contributed by atoms with van der Waals surface area (Å²) in [6.07, 6.45) is 5.30. The Morgan fingerprint density at radius 1 is 0.952 bits per heavy atom. The molecule has 1 aromatic heterocycles. The smallest absolute Gasteiger partial charge is 0.117 e. The number of hydrogen-bond acceptors (Lipinski definition) is 4. The fourth-order valence-electron chi connectivity index (χ4n) is 2.86. The van der Waals surface area contributed by atoms with Crippen LogP contribution in [-0.4, -0.2) is 9.97 Å². The fourth-order valence-corrected chi connectivity index (χ4v) is 3.79. The predicted octanol–water partition coefficient (Wildman–Crippen LogP) is 3.85. The lowest BCUT2D eigenvalue weighted by Gasteiger charge is -2.07. The van der Waals surface area contributed by atoms with E-state index in [2.05, 4.69) is 28.2 Å². The highest BCUT2D eigenvalue weighted by Gasteiger charge is 2.12. The zero-order valence-corrected chi connectivity index (χ0v) is 12.4. The van der Waals surface area contributed by atoms with Crippen LogP contribution in [0.15, 0.2) is 52.6 Å². The van der Waals surface area contributed by atoms with Crippen LogP contribution in [0.3, 0.4) is 0 Å². The summed E-state index contributed by atoms with van der Waals surface area (Å²) in [6.45, 7) is 0. The minimum absolute atomic E-state index is 0.744. The first kappa shape index (κ1) is 12.7. The molecule has 4 rings (SSSR count). The first-order valence-electron chi connectivity index (χ1n) is 7.09. The van der Waals surface area contributed by atoms with Crippen LogP contribution in [-0.2, 0) is 12.8 Å². The largest absolute Gasteiger partial charge is 0.399 e. The Morgan fingerprint density at radius 2 is 1.86 bits per heavy atom. The molecule has 0 unspecified atom stereocenters. The molecule has 0 bridgehead atoms. The number of nitrogens with two attached hydrogens (primary N) is 1. The van der Waals surface area contributed by atoms with Gasteiger partial charge in [0.2, 0.25) is 0 Å². The topological polar surface area (TPSA) is 51.8 Å². The molecule has 0 aliphatic heterocycles. The van der Waals surface area contributed by atoms with Crippen LogP contribution in [0.25, 0.3) is 10.9 Å². The molecule has 21 heavy (non-hydrogen) atoms. The maximum absolute atomic E-state index is 5.90. The van der Waals surface area contributed by atoms with Crippen LogP contribution in [0.2, 0.25) is 0 Å². The normalized spacial score (nSPS) is 13.5. The molecule has 0 fully saturated rings. The number of fused-ring (bicyclic) bond motifs is 2. The van der Waals surface area contributed by atoms with Crippen LogP contribution in [0.1, 0.15) is 17.5 Å². The summed E-state index contributed by atoms with van der Waals surface area (Å²) in [6, 6.07) is 12.5. The number of aromatic nitrogens is 2. The van der Waals surface area contributed by atoms with Crippen LogP contribution < -0.4 is 5.73 Å². The summed E-state index contributed by atoms with van der Waals surface area (Å²) in [7, 11) is 0. The van der Waals surface area contributed by atoms with Crippen LogP contribution in [0.4, 0.5) is 5.69 Å². The third-order valence-corrected chi connectivity index (χ3v) is 4.92. The molecule has 0 radical (unpaired) electrons. The van der Waals surface area contributed by atoms with Gasteiger partial charge in [0, 0.05) is 16.0 Å². The standard InChI is InChI=1S/C17H15N3S/c18-13-5-7-16-15(9-13)17(20-10-19-16)21-14-6-4-11-2-1-3-12(11)8-14/h4-10H,1-3,18H2. The second-order valence-electron chi connectivity index (χ2n) is 5.34. The molecule has 3 nitrogen and oxygen atoms in total. The summed E-state index contributed by atoms with van der Waals surface area (Å²) in [5.74, 6) is 0. The summed E-state index contributed by atoms with van der Waals surface area (Å²) in [5.41, 5.74) is 10.6. The highest BCUT2D eigenvalue weighted by molar-refractivity contribution is 7.99. The Labute approximate surface area is 127 Å². The van der Waals surface area contributed by atoms with Crippen molar-refractivity contribution in [2.75, 3.05) is 5.73 Å². The van der Waals surface area contributed by atoms with Gasteiger partial charge < -0.3 is 5.73 Å². The Morgan fingerprint density at radius 3 is 2.81 bits per heavy atom. The van der Waals surface area contributed by atoms with Crippen molar-refractivity contribution in [3.63, 3.8) is 0 Å². The van der Waals surface area contributed by atoms with E-state index in [-0.39, 0.29) is 0 Å². The maximum atomic E-state index is 5.90. The van der Waals surface area contributed by atoms with Gasteiger partial charge in [0.1, 0.15) is 11.4 Å². The van der Waals surface area contributed by atoms with Gasteiger partial charge in [-0.3, -0.25) is 0 Å². The number of nitrogen functional groups attached to an aromatic ring is 1. The van der Waals surface area contributed by atoms with E-state index in [1.54, 1.807) is 18.1 Å². The van der Waals surface area contributed by atoms with Gasteiger partial charge in [0.15, 0.2) is 0 Å². The van der Waals surface area contributed by atoms with Crippen molar-refractivity contribution < 1.29 is 0 Å². The average molecular weight is 293 g/mol. The van der Waals surface area contributed by atoms with E-state index in [4.69, 9.17) is 5.73 Å². The minimum atomic E-state index is 0.744. The summed E-state index contributed by atoms with van der Waals surface area (Å²) in [4.78, 5) is 9.97. The lowest BCUT2D eigenvalue weighted by atomic mass is 10.1. The van der Waals surface area contributed by atoms with Gasteiger partial charge in [-0.2, -0.15) is 0 Å². The molecular weight excluding hydrogens is 278 g/mol. The Bertz CT molecular complexity index is 829. The summed E-state index contributed by atoms with van der Waals surface area (Å²) >= 11 is 1.69. The predicted molar refractivity (Wildman–Crippen MR) is 86.5 cm³/mol. The average Bonchev–Trinajstić information content (AvgIpc) is 2.95. The number of anilines is 1. The third kappa shape index (κ3) is 2.36. The molecule has 1 aliphatic carbocycles. The van der Waals surface area contributed by atoms with Crippen molar-refractivity contribution >= 4 is 28.4 Å². The zero-order chi connectivity index (χ0) is 14.2. The van der Waals surface area contributed by atoms with Crippen LogP contribution >= 0.6 is 11.8 Å². The summed E-state index contributed by atoms with van der Waals surface area (Å²) in [5, 5.41) is 1.98. The first-order chi connectivity index (χ1) is 10.3. The lowest BCUT2D eigenvalue weighted by molar-refractivity contribution is 0.911. The number of rotatable bonds is 2. The number of hydrogen-bond donors (Lipinski definition) is 1. The van der Waals surface area contributed by atoms with E-state index in [1.165, 1.54) is 35.3 Å². The lowest BCUT2D eigenvalue weighted by Crippen LogP contribution is -1.90. The molecular formula is C17H15N3S. The number of benzene rings is 2. The molecule has 2 aromatic carbocycles. The Kier molecular flexibility index (Phi) is 3.04. The number of nitrogens with zero attached hydrogens (tertiary/aromatic N) is 2. The van der Waals surface area contributed by atoms with Gasteiger partial charge in [-0.05, 0) is 60.7 Å². The van der Waals surface area contributed by atoms with Crippen molar-refractivity contribution in [2.45, 2.75) is 29.2 Å². The molecule has 0 spiro atoms. The summed E-state index contributed by atoms with van der Waals surface area (Å²) < 4.78 is 0. The highest BCUT2D eigenvalue weighted by atomic mass is 32.2. The van der Waals surface area contributed by atoms with E-state index in [0.717, 1.165) is 21.6 Å². The zero-order valence-electron chi connectivity index (χ0n) is 11.5. The molecule has 1 aliphatic rings. The van der Waals surface area contributed by atoms with E-state index in [1.807, 2.05) is 18.2 Å².